The lowest BCUT2D eigenvalue weighted by molar-refractivity contribution is -0.124. The molecule has 0 saturated carbocycles. The zero-order chi connectivity index (χ0) is 19.7. The number of carbonyl (C=O) groups excluding carboxylic acids is 2. The number of hydrogen-bond donors (Lipinski definition) is 2. The van der Waals surface area contributed by atoms with Gasteiger partial charge in [0, 0.05) is 24.7 Å². The number of aromatic nitrogens is 3. The van der Waals surface area contributed by atoms with Crippen molar-refractivity contribution >= 4 is 23.2 Å². The first-order chi connectivity index (χ1) is 13.5. The van der Waals surface area contributed by atoms with E-state index in [1.807, 2.05) is 42.1 Å². The molecule has 28 heavy (non-hydrogen) atoms. The number of piperidine rings is 1. The molecule has 2 N–H and O–H groups in total. The lowest BCUT2D eigenvalue weighted by Crippen LogP contribution is -2.50. The van der Waals surface area contributed by atoms with Crippen molar-refractivity contribution in [1.82, 2.24) is 25.6 Å². The van der Waals surface area contributed by atoms with Crippen LogP contribution in [-0.2, 0) is 4.79 Å². The molecule has 1 aliphatic rings. The minimum Gasteiger partial charge on any atom is -0.355 e. The topological polar surface area (TPSA) is 102 Å². The SMILES string of the molecule is CC(C)n1nccc1[C@@H]1NC(=O)CC[C@H]1NC(=O)c1cc(-c2cccs2)on1. The van der Waals surface area contributed by atoms with Crippen LogP contribution in [0, 0.1) is 0 Å². The third kappa shape index (κ3) is 3.57. The molecule has 1 saturated heterocycles. The molecular formula is C19H21N5O3S. The van der Waals surface area contributed by atoms with E-state index in [2.05, 4.69) is 20.9 Å². The lowest BCUT2D eigenvalue weighted by atomic mass is 9.94. The number of amides is 2. The van der Waals surface area contributed by atoms with Gasteiger partial charge in [-0.1, -0.05) is 11.2 Å². The van der Waals surface area contributed by atoms with Crippen LogP contribution in [0.25, 0.3) is 10.6 Å². The first-order valence-corrected chi connectivity index (χ1v) is 10.0. The van der Waals surface area contributed by atoms with Crippen LogP contribution in [-0.4, -0.2) is 32.8 Å². The molecule has 0 bridgehead atoms. The summed E-state index contributed by atoms with van der Waals surface area (Å²) in [5, 5.41) is 16.2. The van der Waals surface area contributed by atoms with Gasteiger partial charge < -0.3 is 15.2 Å². The second-order valence-electron chi connectivity index (χ2n) is 7.01. The van der Waals surface area contributed by atoms with E-state index in [0.29, 0.717) is 18.6 Å². The van der Waals surface area contributed by atoms with Gasteiger partial charge >= 0.3 is 0 Å². The Balaban J connectivity index is 1.54. The lowest BCUT2D eigenvalue weighted by Gasteiger charge is -2.33. The van der Waals surface area contributed by atoms with Gasteiger partial charge in [0.15, 0.2) is 11.5 Å². The molecule has 146 valence electrons. The summed E-state index contributed by atoms with van der Waals surface area (Å²) in [5.74, 6) is 0.202. The van der Waals surface area contributed by atoms with Crippen LogP contribution in [0.4, 0.5) is 0 Å². The standard InChI is InChI=1S/C19H21N5O3S/c1-11(2)24-14(7-8-20-24)18-12(5-6-17(25)22-18)21-19(26)13-10-15(27-23-13)16-4-3-9-28-16/h3-4,7-12,18H,5-6H2,1-2H3,(H,21,26)(H,22,25)/t12-,18-/m1/s1. The minimum atomic E-state index is -0.348. The maximum atomic E-state index is 12.7. The van der Waals surface area contributed by atoms with Gasteiger partial charge in [0.25, 0.3) is 5.91 Å². The highest BCUT2D eigenvalue weighted by molar-refractivity contribution is 7.13. The first-order valence-electron chi connectivity index (χ1n) is 9.17. The van der Waals surface area contributed by atoms with E-state index in [1.54, 1.807) is 12.3 Å². The molecule has 0 unspecified atom stereocenters. The van der Waals surface area contributed by atoms with Crippen molar-refractivity contribution in [3.8, 4) is 10.6 Å². The number of hydrogen-bond acceptors (Lipinski definition) is 6. The van der Waals surface area contributed by atoms with Gasteiger partial charge in [0.05, 0.1) is 22.7 Å². The summed E-state index contributed by atoms with van der Waals surface area (Å²) < 4.78 is 7.16. The summed E-state index contributed by atoms with van der Waals surface area (Å²) in [6.07, 6.45) is 2.61. The fourth-order valence-corrected chi connectivity index (χ4v) is 4.07. The Morgan fingerprint density at radius 2 is 2.29 bits per heavy atom. The van der Waals surface area contributed by atoms with Crippen molar-refractivity contribution in [2.75, 3.05) is 0 Å². The Bertz CT molecular complexity index is 976. The number of nitrogens with one attached hydrogen (secondary N) is 2. The second kappa shape index (κ2) is 7.59. The Labute approximate surface area is 165 Å². The van der Waals surface area contributed by atoms with Crippen LogP contribution in [0.15, 0.2) is 40.4 Å². The average Bonchev–Trinajstić information content (AvgIpc) is 3.42. The number of carbonyl (C=O) groups is 2. The predicted molar refractivity (Wildman–Crippen MR) is 104 cm³/mol. The van der Waals surface area contributed by atoms with Crippen molar-refractivity contribution in [2.45, 2.75) is 44.8 Å². The third-order valence-electron chi connectivity index (χ3n) is 4.73. The van der Waals surface area contributed by atoms with Gasteiger partial charge in [0.2, 0.25) is 5.91 Å². The van der Waals surface area contributed by atoms with Crippen LogP contribution in [0.3, 0.4) is 0 Å². The minimum absolute atomic E-state index is 0.0339. The summed E-state index contributed by atoms with van der Waals surface area (Å²) in [5.41, 5.74) is 1.09. The van der Waals surface area contributed by atoms with E-state index >= 15 is 0 Å². The molecule has 8 nitrogen and oxygen atoms in total. The van der Waals surface area contributed by atoms with Crippen LogP contribution >= 0.6 is 11.3 Å². The molecular weight excluding hydrogens is 378 g/mol. The smallest absolute Gasteiger partial charge is 0.273 e. The molecule has 3 aromatic rings. The molecule has 4 rings (SSSR count). The van der Waals surface area contributed by atoms with Crippen LogP contribution in [0.1, 0.15) is 55.0 Å². The molecule has 4 heterocycles. The number of nitrogens with zero attached hydrogens (tertiary/aromatic N) is 3. The monoisotopic (exact) mass is 399 g/mol. The van der Waals surface area contributed by atoms with E-state index in [-0.39, 0.29) is 35.6 Å². The zero-order valence-electron chi connectivity index (χ0n) is 15.6. The van der Waals surface area contributed by atoms with Gasteiger partial charge in [-0.05, 0) is 37.8 Å². The molecule has 0 spiro atoms. The summed E-state index contributed by atoms with van der Waals surface area (Å²) in [6.45, 7) is 4.05. The molecule has 2 atom stereocenters. The summed E-state index contributed by atoms with van der Waals surface area (Å²) in [4.78, 5) is 25.7. The van der Waals surface area contributed by atoms with E-state index < -0.39 is 0 Å². The predicted octanol–water partition coefficient (Wildman–Crippen LogP) is 2.93. The van der Waals surface area contributed by atoms with Crippen LogP contribution in [0.2, 0.25) is 0 Å². The normalized spacial score (nSPS) is 19.6. The first kappa shape index (κ1) is 18.4. The van der Waals surface area contributed by atoms with E-state index in [0.717, 1.165) is 10.6 Å². The maximum Gasteiger partial charge on any atom is 0.273 e. The van der Waals surface area contributed by atoms with Gasteiger partial charge in [-0.2, -0.15) is 5.10 Å². The fourth-order valence-electron chi connectivity index (χ4n) is 3.40. The Morgan fingerprint density at radius 1 is 1.43 bits per heavy atom. The summed E-state index contributed by atoms with van der Waals surface area (Å²) in [7, 11) is 0. The molecule has 1 aliphatic heterocycles. The third-order valence-corrected chi connectivity index (χ3v) is 5.62. The second-order valence-corrected chi connectivity index (χ2v) is 7.96. The Morgan fingerprint density at radius 3 is 3.04 bits per heavy atom. The number of rotatable bonds is 5. The zero-order valence-corrected chi connectivity index (χ0v) is 16.4. The summed E-state index contributed by atoms with van der Waals surface area (Å²) >= 11 is 1.52. The van der Waals surface area contributed by atoms with Crippen molar-refractivity contribution in [2.24, 2.45) is 0 Å². The van der Waals surface area contributed by atoms with Crippen LogP contribution < -0.4 is 10.6 Å². The van der Waals surface area contributed by atoms with E-state index in [1.165, 1.54) is 11.3 Å². The highest BCUT2D eigenvalue weighted by atomic mass is 32.1. The summed E-state index contributed by atoms with van der Waals surface area (Å²) in [6, 6.07) is 6.86. The van der Waals surface area contributed by atoms with E-state index in [4.69, 9.17) is 4.52 Å². The van der Waals surface area contributed by atoms with Gasteiger partial charge in [-0.25, -0.2) is 0 Å². The quantitative estimate of drug-likeness (QED) is 0.687. The van der Waals surface area contributed by atoms with Crippen molar-refractivity contribution in [3.05, 3.63) is 47.2 Å². The van der Waals surface area contributed by atoms with Crippen molar-refractivity contribution in [1.29, 1.82) is 0 Å². The van der Waals surface area contributed by atoms with Gasteiger partial charge in [-0.3, -0.25) is 14.3 Å². The van der Waals surface area contributed by atoms with E-state index in [9.17, 15) is 9.59 Å². The van der Waals surface area contributed by atoms with Crippen molar-refractivity contribution in [3.63, 3.8) is 0 Å². The Hall–Kier alpha value is -2.94. The van der Waals surface area contributed by atoms with Crippen molar-refractivity contribution < 1.29 is 14.1 Å². The molecule has 1 fully saturated rings. The highest BCUT2D eigenvalue weighted by Gasteiger charge is 2.34. The highest BCUT2D eigenvalue weighted by Crippen LogP contribution is 2.27. The fraction of sp³-hybridized carbons (Fsp3) is 0.368. The Kier molecular flexibility index (Phi) is 4.99. The average molecular weight is 399 g/mol. The van der Waals surface area contributed by atoms with Gasteiger partial charge in [-0.15, -0.1) is 11.3 Å². The maximum absolute atomic E-state index is 12.7. The molecule has 2 amide bonds. The molecule has 0 aromatic carbocycles. The molecule has 9 heteroatoms. The van der Waals surface area contributed by atoms with Crippen LogP contribution in [0.5, 0.6) is 0 Å². The number of thiophene rings is 1. The molecule has 3 aromatic heterocycles. The largest absolute Gasteiger partial charge is 0.355 e. The molecule has 0 aliphatic carbocycles. The molecule has 0 radical (unpaired) electrons. The van der Waals surface area contributed by atoms with Gasteiger partial charge in [0.1, 0.15) is 0 Å².